The lowest BCUT2D eigenvalue weighted by Gasteiger charge is -2.26. The van der Waals surface area contributed by atoms with E-state index in [2.05, 4.69) is 0 Å². The molecular formula is C28H30O10. The number of phenolic OH excluding ortho intramolecular Hbond substituents is 2. The number of aromatic hydroxyl groups is 2. The van der Waals surface area contributed by atoms with Crippen molar-refractivity contribution in [2.24, 2.45) is 0 Å². The van der Waals surface area contributed by atoms with E-state index in [1.807, 2.05) is 0 Å². The van der Waals surface area contributed by atoms with Crippen LogP contribution in [0.3, 0.4) is 0 Å². The summed E-state index contributed by atoms with van der Waals surface area (Å²) in [7, 11) is 5.63. The van der Waals surface area contributed by atoms with Gasteiger partial charge in [-0.1, -0.05) is 18.2 Å². The molecule has 0 heterocycles. The fourth-order valence-electron chi connectivity index (χ4n) is 3.54. The number of carbonyl (C=O) groups is 1. The second-order valence-corrected chi connectivity index (χ2v) is 7.92. The Hall–Kier alpha value is -4.57. The molecule has 0 fully saturated rings. The summed E-state index contributed by atoms with van der Waals surface area (Å²) in [6, 6.07) is 14.1. The number of aliphatic hydroxyl groups excluding tert-OH is 1. The molecule has 0 aliphatic rings. The maximum absolute atomic E-state index is 12.5. The van der Waals surface area contributed by atoms with Gasteiger partial charge in [-0.2, -0.15) is 0 Å². The first kappa shape index (κ1) is 28.0. The van der Waals surface area contributed by atoms with Crippen LogP contribution >= 0.6 is 0 Å². The van der Waals surface area contributed by atoms with Crippen molar-refractivity contribution in [2.75, 3.05) is 35.0 Å². The molecule has 0 radical (unpaired) electrons. The standard InChI is InChI=1S/C28H30O10/c1-33-20-6-5-7-21(34-2)28(20)38-24(16-37-25(30)13-10-17-8-11-19(29)12-9-17)26(31)18-14-22(35-3)27(32)23(15-18)36-4/h5-15,24,26,29,31-32H,16H2,1-4H3/b13-10+/t24-,26-/m1/s1. The number of methoxy groups -OCH3 is 4. The first-order valence-electron chi connectivity index (χ1n) is 11.5. The topological polar surface area (TPSA) is 133 Å². The second kappa shape index (κ2) is 13.1. The van der Waals surface area contributed by atoms with Crippen LogP contribution in [-0.2, 0) is 9.53 Å². The minimum absolute atomic E-state index is 0.0702. The molecule has 0 aromatic heterocycles. The number of para-hydroxylation sites is 1. The van der Waals surface area contributed by atoms with Crippen molar-refractivity contribution in [3.05, 3.63) is 71.8 Å². The zero-order valence-corrected chi connectivity index (χ0v) is 21.4. The summed E-state index contributed by atoms with van der Waals surface area (Å²) in [6.07, 6.45) is 0.214. The smallest absolute Gasteiger partial charge is 0.330 e. The van der Waals surface area contributed by atoms with Crippen LogP contribution in [0.15, 0.2) is 60.7 Å². The number of aliphatic hydroxyl groups is 1. The average molecular weight is 527 g/mol. The lowest BCUT2D eigenvalue weighted by molar-refractivity contribution is -0.142. The van der Waals surface area contributed by atoms with E-state index in [0.29, 0.717) is 17.1 Å². The molecule has 10 heteroatoms. The Labute approximate surface area is 220 Å². The predicted molar refractivity (Wildman–Crippen MR) is 138 cm³/mol. The number of phenols is 2. The van der Waals surface area contributed by atoms with Gasteiger partial charge in [-0.25, -0.2) is 4.79 Å². The van der Waals surface area contributed by atoms with Crippen LogP contribution in [0.5, 0.6) is 40.2 Å². The van der Waals surface area contributed by atoms with Crippen LogP contribution in [0.1, 0.15) is 17.2 Å². The number of hydrogen-bond acceptors (Lipinski definition) is 10. The average Bonchev–Trinajstić information content (AvgIpc) is 2.94. The van der Waals surface area contributed by atoms with Crippen LogP contribution < -0.4 is 23.7 Å². The van der Waals surface area contributed by atoms with Gasteiger partial charge in [0.05, 0.1) is 28.4 Å². The fourth-order valence-corrected chi connectivity index (χ4v) is 3.54. The molecule has 0 unspecified atom stereocenters. The van der Waals surface area contributed by atoms with Gasteiger partial charge < -0.3 is 43.7 Å². The van der Waals surface area contributed by atoms with Gasteiger partial charge in [-0.3, -0.25) is 0 Å². The Morgan fingerprint density at radius 3 is 1.92 bits per heavy atom. The molecule has 0 aliphatic carbocycles. The molecule has 202 valence electrons. The molecule has 0 amide bonds. The highest BCUT2D eigenvalue weighted by molar-refractivity contribution is 5.87. The Morgan fingerprint density at radius 1 is 0.842 bits per heavy atom. The Kier molecular flexibility index (Phi) is 9.66. The van der Waals surface area contributed by atoms with Crippen molar-refractivity contribution in [1.29, 1.82) is 0 Å². The van der Waals surface area contributed by atoms with Crippen molar-refractivity contribution >= 4 is 12.0 Å². The molecular weight excluding hydrogens is 496 g/mol. The van der Waals surface area contributed by atoms with Gasteiger partial charge in [0, 0.05) is 6.08 Å². The molecule has 0 spiro atoms. The Balaban J connectivity index is 1.90. The molecule has 10 nitrogen and oxygen atoms in total. The monoisotopic (exact) mass is 526 g/mol. The molecule has 0 saturated heterocycles. The SMILES string of the molecule is COc1cc([C@@H](O)[C@@H](COC(=O)/C=C/c2ccc(O)cc2)Oc2c(OC)cccc2OC)cc(OC)c1O. The summed E-state index contributed by atoms with van der Waals surface area (Å²) in [5, 5.41) is 31.0. The summed E-state index contributed by atoms with van der Waals surface area (Å²) >= 11 is 0. The van der Waals surface area contributed by atoms with Gasteiger partial charge in [0.2, 0.25) is 11.5 Å². The van der Waals surface area contributed by atoms with Gasteiger partial charge in [0.15, 0.2) is 29.1 Å². The second-order valence-electron chi connectivity index (χ2n) is 7.92. The maximum atomic E-state index is 12.5. The summed E-state index contributed by atoms with van der Waals surface area (Å²) < 4.78 is 32.7. The van der Waals surface area contributed by atoms with Crippen LogP contribution in [0, 0.1) is 0 Å². The van der Waals surface area contributed by atoms with E-state index < -0.39 is 18.2 Å². The third-order valence-electron chi connectivity index (χ3n) is 5.54. The fraction of sp³-hybridized carbons (Fsp3) is 0.250. The zero-order valence-electron chi connectivity index (χ0n) is 21.4. The quantitative estimate of drug-likeness (QED) is 0.236. The normalized spacial score (nSPS) is 12.4. The highest BCUT2D eigenvalue weighted by Crippen LogP contribution is 2.42. The number of carbonyl (C=O) groups excluding carboxylic acids is 1. The molecule has 38 heavy (non-hydrogen) atoms. The lowest BCUT2D eigenvalue weighted by Crippen LogP contribution is -2.31. The molecule has 0 aliphatic heterocycles. The number of esters is 1. The van der Waals surface area contributed by atoms with Gasteiger partial charge in [0.25, 0.3) is 0 Å². The van der Waals surface area contributed by atoms with Crippen molar-refractivity contribution in [1.82, 2.24) is 0 Å². The zero-order chi connectivity index (χ0) is 27.7. The number of hydrogen-bond donors (Lipinski definition) is 3. The highest BCUT2D eigenvalue weighted by Gasteiger charge is 2.29. The van der Waals surface area contributed by atoms with Crippen molar-refractivity contribution in [3.8, 4) is 40.2 Å². The van der Waals surface area contributed by atoms with Crippen molar-refractivity contribution < 1.29 is 48.5 Å². The van der Waals surface area contributed by atoms with Crippen LogP contribution in [0.2, 0.25) is 0 Å². The Bertz CT molecular complexity index is 1210. The van der Waals surface area contributed by atoms with E-state index in [4.69, 9.17) is 28.4 Å². The number of rotatable bonds is 12. The minimum atomic E-state index is -1.37. The predicted octanol–water partition coefficient (Wildman–Crippen LogP) is 3.87. The summed E-state index contributed by atoms with van der Waals surface area (Å²) in [5.74, 6) is 0.180. The summed E-state index contributed by atoms with van der Waals surface area (Å²) in [6.45, 7) is -0.368. The van der Waals surface area contributed by atoms with E-state index >= 15 is 0 Å². The van der Waals surface area contributed by atoms with Crippen LogP contribution in [0.4, 0.5) is 0 Å². The molecule has 0 bridgehead atoms. The van der Waals surface area contributed by atoms with Gasteiger partial charge >= 0.3 is 5.97 Å². The maximum Gasteiger partial charge on any atom is 0.330 e. The minimum Gasteiger partial charge on any atom is -0.508 e. The third kappa shape index (κ3) is 6.80. The molecule has 3 aromatic carbocycles. The van der Waals surface area contributed by atoms with E-state index in [1.54, 1.807) is 30.3 Å². The van der Waals surface area contributed by atoms with Crippen molar-refractivity contribution in [3.63, 3.8) is 0 Å². The van der Waals surface area contributed by atoms with Crippen LogP contribution in [-0.4, -0.2) is 62.4 Å². The van der Waals surface area contributed by atoms with Crippen LogP contribution in [0.25, 0.3) is 6.08 Å². The largest absolute Gasteiger partial charge is 0.508 e. The summed E-state index contributed by atoms with van der Waals surface area (Å²) in [5.41, 5.74) is 0.945. The van der Waals surface area contributed by atoms with E-state index in [0.717, 1.165) is 0 Å². The van der Waals surface area contributed by atoms with Gasteiger partial charge in [0.1, 0.15) is 18.5 Å². The van der Waals surface area contributed by atoms with Crippen molar-refractivity contribution in [2.45, 2.75) is 12.2 Å². The first-order valence-corrected chi connectivity index (χ1v) is 11.5. The van der Waals surface area contributed by atoms with E-state index in [9.17, 15) is 20.1 Å². The summed E-state index contributed by atoms with van der Waals surface area (Å²) in [4.78, 5) is 12.5. The number of benzene rings is 3. The Morgan fingerprint density at radius 2 is 1.39 bits per heavy atom. The lowest BCUT2D eigenvalue weighted by atomic mass is 10.0. The third-order valence-corrected chi connectivity index (χ3v) is 5.54. The first-order chi connectivity index (χ1) is 18.3. The highest BCUT2D eigenvalue weighted by atomic mass is 16.6. The molecule has 0 saturated carbocycles. The van der Waals surface area contributed by atoms with E-state index in [1.165, 1.54) is 64.9 Å². The molecule has 3 aromatic rings. The van der Waals surface area contributed by atoms with E-state index in [-0.39, 0.29) is 40.9 Å². The van der Waals surface area contributed by atoms with Gasteiger partial charge in [-0.05, 0) is 53.6 Å². The van der Waals surface area contributed by atoms with Gasteiger partial charge in [-0.15, -0.1) is 0 Å². The molecule has 2 atom stereocenters. The molecule has 3 N–H and O–H groups in total. The molecule has 3 rings (SSSR count). The number of ether oxygens (including phenoxy) is 6.